The lowest BCUT2D eigenvalue weighted by molar-refractivity contribution is 0.0471. The molecule has 0 atom stereocenters. The minimum atomic E-state index is -0.421. The normalized spacial score (nSPS) is 13.4. The van der Waals surface area contributed by atoms with Gasteiger partial charge in [0.25, 0.3) is 0 Å². The Morgan fingerprint density at radius 3 is 2.46 bits per heavy atom. The number of esters is 1. The fourth-order valence-electron chi connectivity index (χ4n) is 4.74. The average Bonchev–Trinajstić information content (AvgIpc) is 3.32. The van der Waals surface area contributed by atoms with E-state index in [0.717, 1.165) is 45.5 Å². The summed E-state index contributed by atoms with van der Waals surface area (Å²) in [6, 6.07) is 20.6. The maximum atomic E-state index is 13.6. The molecule has 0 N–H and O–H groups in total. The fraction of sp³-hybridized carbons (Fsp3) is 0.194. The third kappa shape index (κ3) is 4.83. The van der Waals surface area contributed by atoms with E-state index in [9.17, 15) is 9.59 Å². The average molecular weight is 494 g/mol. The monoisotopic (exact) mass is 493 g/mol. The van der Waals surface area contributed by atoms with Gasteiger partial charge in [0.05, 0.1) is 31.0 Å². The first-order valence-corrected chi connectivity index (χ1v) is 12.1. The maximum Gasteiger partial charge on any atom is 0.339 e. The van der Waals surface area contributed by atoms with Crippen LogP contribution in [0.4, 0.5) is 0 Å². The van der Waals surface area contributed by atoms with Crippen LogP contribution >= 0.6 is 0 Å². The summed E-state index contributed by atoms with van der Waals surface area (Å²) >= 11 is 0. The molecule has 1 aromatic heterocycles. The Kier molecular flexibility index (Phi) is 6.73. The number of pyridine rings is 1. The topological polar surface area (TPSA) is 74.7 Å². The molecule has 37 heavy (non-hydrogen) atoms. The van der Waals surface area contributed by atoms with Crippen molar-refractivity contribution in [1.82, 2.24) is 4.98 Å². The molecule has 0 amide bonds. The molecule has 4 aromatic rings. The van der Waals surface area contributed by atoms with E-state index in [-0.39, 0.29) is 12.4 Å². The molecule has 6 heteroatoms. The van der Waals surface area contributed by atoms with Crippen LogP contribution in [-0.2, 0) is 17.8 Å². The molecule has 0 aliphatic heterocycles. The van der Waals surface area contributed by atoms with Gasteiger partial charge in [-0.15, -0.1) is 0 Å². The number of para-hydroxylation sites is 1. The zero-order valence-corrected chi connectivity index (χ0v) is 21.0. The third-order valence-electron chi connectivity index (χ3n) is 6.65. The predicted molar refractivity (Wildman–Crippen MR) is 143 cm³/mol. The number of benzene rings is 3. The van der Waals surface area contributed by atoms with Crippen molar-refractivity contribution in [1.29, 1.82) is 0 Å². The standard InChI is InChI=1S/C31H27NO5/c1-19(33)21-11-15-28(36-3)23(17-21)18-37-31(34)29-25-6-4-5-7-27(25)32-30-22(10-14-26(29)30)16-20-8-12-24(35-2)13-9-20/h4-9,11-13,15-17H,10,14,18H2,1-3H3. The first kappa shape index (κ1) is 24.3. The van der Waals surface area contributed by atoms with E-state index >= 15 is 0 Å². The number of allylic oxidation sites excluding steroid dienone is 1. The first-order chi connectivity index (χ1) is 18.0. The molecular formula is C31H27NO5. The number of carbonyl (C=O) groups excluding carboxylic acids is 2. The zero-order valence-electron chi connectivity index (χ0n) is 21.0. The SMILES string of the molecule is COc1ccc(C=C2CCc3c2nc2ccccc2c3C(=O)OCc2cc(C(C)=O)ccc2OC)cc1. The Balaban J connectivity index is 1.51. The van der Waals surface area contributed by atoms with Crippen LogP contribution in [0.1, 0.15) is 56.4 Å². The van der Waals surface area contributed by atoms with Gasteiger partial charge in [0, 0.05) is 16.5 Å². The summed E-state index contributed by atoms with van der Waals surface area (Å²) < 4.78 is 16.5. The highest BCUT2D eigenvalue weighted by molar-refractivity contribution is 6.07. The molecule has 186 valence electrons. The second-order valence-corrected chi connectivity index (χ2v) is 8.93. The summed E-state index contributed by atoms with van der Waals surface area (Å²) in [6.45, 7) is 1.49. The van der Waals surface area contributed by atoms with Crippen LogP contribution in [0, 0.1) is 0 Å². The number of fused-ring (bicyclic) bond motifs is 2. The van der Waals surface area contributed by atoms with E-state index < -0.39 is 5.97 Å². The number of aromatic nitrogens is 1. The number of hydrogen-bond acceptors (Lipinski definition) is 6. The van der Waals surface area contributed by atoms with Crippen LogP contribution in [0.15, 0.2) is 66.7 Å². The summed E-state index contributed by atoms with van der Waals surface area (Å²) in [7, 11) is 3.19. The Hall–Kier alpha value is -4.45. The Morgan fingerprint density at radius 1 is 0.946 bits per heavy atom. The Labute approximate surface area is 215 Å². The molecule has 0 unspecified atom stereocenters. The summed E-state index contributed by atoms with van der Waals surface area (Å²) in [5.74, 6) is 0.876. The van der Waals surface area contributed by atoms with Crippen molar-refractivity contribution >= 4 is 34.3 Å². The zero-order chi connectivity index (χ0) is 25.9. The second-order valence-electron chi connectivity index (χ2n) is 8.93. The summed E-state index contributed by atoms with van der Waals surface area (Å²) in [4.78, 5) is 30.3. The fourth-order valence-corrected chi connectivity index (χ4v) is 4.74. The van der Waals surface area contributed by atoms with Crippen molar-refractivity contribution in [3.63, 3.8) is 0 Å². The molecule has 6 nitrogen and oxygen atoms in total. The Bertz CT molecular complexity index is 1540. The van der Waals surface area contributed by atoms with Crippen LogP contribution in [0.3, 0.4) is 0 Å². The van der Waals surface area contributed by atoms with Crippen LogP contribution < -0.4 is 9.47 Å². The van der Waals surface area contributed by atoms with Crippen molar-refractivity contribution in [2.45, 2.75) is 26.4 Å². The highest BCUT2D eigenvalue weighted by Crippen LogP contribution is 2.38. The summed E-state index contributed by atoms with van der Waals surface area (Å²) in [5, 5.41) is 0.765. The van der Waals surface area contributed by atoms with Crippen molar-refractivity contribution in [2.24, 2.45) is 0 Å². The molecule has 0 radical (unpaired) electrons. The van der Waals surface area contributed by atoms with E-state index in [4.69, 9.17) is 19.2 Å². The van der Waals surface area contributed by atoms with Crippen molar-refractivity contribution < 1.29 is 23.8 Å². The van der Waals surface area contributed by atoms with Crippen molar-refractivity contribution in [3.8, 4) is 11.5 Å². The molecule has 0 saturated heterocycles. The smallest absolute Gasteiger partial charge is 0.339 e. The van der Waals surface area contributed by atoms with E-state index in [1.165, 1.54) is 6.92 Å². The number of ether oxygens (including phenoxy) is 3. The van der Waals surface area contributed by atoms with Crippen LogP contribution in [0.5, 0.6) is 11.5 Å². The van der Waals surface area contributed by atoms with Crippen LogP contribution in [-0.4, -0.2) is 31.0 Å². The van der Waals surface area contributed by atoms with Gasteiger partial charge in [-0.2, -0.15) is 0 Å². The molecule has 3 aromatic carbocycles. The Morgan fingerprint density at radius 2 is 1.73 bits per heavy atom. The predicted octanol–water partition coefficient (Wildman–Crippen LogP) is 6.30. The lowest BCUT2D eigenvalue weighted by Crippen LogP contribution is -2.11. The number of nitrogens with zero attached hydrogens (tertiary/aromatic N) is 1. The van der Waals surface area contributed by atoms with Gasteiger partial charge in [-0.3, -0.25) is 4.79 Å². The van der Waals surface area contributed by atoms with Gasteiger partial charge in [0.1, 0.15) is 18.1 Å². The molecule has 0 spiro atoms. The lowest BCUT2D eigenvalue weighted by Gasteiger charge is -2.14. The van der Waals surface area contributed by atoms with Crippen molar-refractivity contribution in [2.75, 3.05) is 14.2 Å². The number of carbonyl (C=O) groups is 2. The van der Waals surface area contributed by atoms with E-state index in [1.54, 1.807) is 32.4 Å². The number of rotatable bonds is 7. The first-order valence-electron chi connectivity index (χ1n) is 12.1. The highest BCUT2D eigenvalue weighted by Gasteiger charge is 2.28. The lowest BCUT2D eigenvalue weighted by atomic mass is 10.0. The van der Waals surface area contributed by atoms with Gasteiger partial charge in [-0.1, -0.05) is 30.3 Å². The maximum absolute atomic E-state index is 13.6. The molecule has 0 fully saturated rings. The van der Waals surface area contributed by atoms with Crippen LogP contribution in [0.2, 0.25) is 0 Å². The number of Topliss-reactive ketones (excluding diaryl/α,β-unsaturated/α-hetero) is 1. The van der Waals surface area contributed by atoms with Gasteiger partial charge in [-0.25, -0.2) is 9.78 Å². The number of methoxy groups -OCH3 is 2. The third-order valence-corrected chi connectivity index (χ3v) is 6.65. The summed E-state index contributed by atoms with van der Waals surface area (Å²) in [6.07, 6.45) is 3.59. The van der Waals surface area contributed by atoms with E-state index in [0.29, 0.717) is 28.9 Å². The number of ketones is 1. The molecular weight excluding hydrogens is 466 g/mol. The molecule has 0 bridgehead atoms. The second kappa shape index (κ2) is 10.3. The molecule has 0 saturated carbocycles. The quantitative estimate of drug-likeness (QED) is 0.222. The van der Waals surface area contributed by atoms with Gasteiger partial charge < -0.3 is 14.2 Å². The van der Waals surface area contributed by atoms with Gasteiger partial charge in [0.15, 0.2) is 5.78 Å². The molecule has 1 aliphatic carbocycles. The molecule has 1 aliphatic rings. The molecule has 5 rings (SSSR count). The van der Waals surface area contributed by atoms with Gasteiger partial charge >= 0.3 is 5.97 Å². The molecule has 1 heterocycles. The summed E-state index contributed by atoms with van der Waals surface area (Å²) in [5.41, 5.74) is 6.31. The largest absolute Gasteiger partial charge is 0.497 e. The van der Waals surface area contributed by atoms with E-state index in [2.05, 4.69) is 6.08 Å². The van der Waals surface area contributed by atoms with E-state index in [1.807, 2.05) is 48.5 Å². The highest BCUT2D eigenvalue weighted by atomic mass is 16.5. The van der Waals surface area contributed by atoms with Gasteiger partial charge in [-0.05, 0) is 78.9 Å². The van der Waals surface area contributed by atoms with Crippen LogP contribution in [0.25, 0.3) is 22.6 Å². The number of hydrogen-bond donors (Lipinski definition) is 0. The van der Waals surface area contributed by atoms with Crippen molar-refractivity contribution in [3.05, 3.63) is 100 Å². The minimum Gasteiger partial charge on any atom is -0.497 e. The van der Waals surface area contributed by atoms with Gasteiger partial charge in [0.2, 0.25) is 0 Å². The minimum absolute atomic E-state index is 0.0108.